The topological polar surface area (TPSA) is 81.7 Å². The van der Waals surface area contributed by atoms with Gasteiger partial charge in [0.1, 0.15) is 5.54 Å². The number of thiol groups is 1. The van der Waals surface area contributed by atoms with Gasteiger partial charge in [-0.1, -0.05) is 17.7 Å². The number of ether oxygens (including phenoxy) is 1. The predicted molar refractivity (Wildman–Crippen MR) is 104 cm³/mol. The second-order valence-corrected chi connectivity index (χ2v) is 8.61. The third-order valence-electron chi connectivity index (χ3n) is 5.99. The highest BCUT2D eigenvalue weighted by molar-refractivity contribution is 7.67. The van der Waals surface area contributed by atoms with E-state index < -0.39 is 16.5 Å². The third-order valence-corrected chi connectivity index (χ3v) is 6.32. The maximum absolute atomic E-state index is 13.0. The van der Waals surface area contributed by atoms with Gasteiger partial charge in [0.15, 0.2) is 5.76 Å². The number of hydrogen-bond acceptors (Lipinski definition) is 5. The van der Waals surface area contributed by atoms with Crippen LogP contribution in [0.1, 0.15) is 54.9 Å². The van der Waals surface area contributed by atoms with Crippen LogP contribution in [-0.4, -0.2) is 32.6 Å². The van der Waals surface area contributed by atoms with E-state index in [1.165, 1.54) is 0 Å². The van der Waals surface area contributed by atoms with Gasteiger partial charge in [-0.05, 0) is 70.1 Å². The molecule has 1 aliphatic heterocycles. The number of benzene rings is 1. The van der Waals surface area contributed by atoms with Crippen LogP contribution in [0.4, 0.5) is 0 Å². The van der Waals surface area contributed by atoms with Gasteiger partial charge in [-0.3, -0.25) is 4.79 Å². The quantitative estimate of drug-likeness (QED) is 0.769. The van der Waals surface area contributed by atoms with Crippen LogP contribution in [-0.2, 0) is 24.7 Å². The lowest BCUT2D eigenvalue weighted by Gasteiger charge is -2.42. The first kappa shape index (κ1) is 19.9. The average Bonchev–Trinajstić information content (AvgIpc) is 2.82. The summed E-state index contributed by atoms with van der Waals surface area (Å²) < 4.78 is 33.9. The van der Waals surface area contributed by atoms with Gasteiger partial charge in [0.25, 0.3) is 16.9 Å². The number of aryl methyl sites for hydroxylation is 3. The molecule has 1 aliphatic carbocycles. The van der Waals surface area contributed by atoms with E-state index in [0.717, 1.165) is 22.3 Å². The second-order valence-electron chi connectivity index (χ2n) is 7.98. The normalized spacial score (nSPS) is 28.1. The summed E-state index contributed by atoms with van der Waals surface area (Å²) in [6.45, 7) is 7.88. The second kappa shape index (κ2) is 6.95. The van der Waals surface area contributed by atoms with Crippen molar-refractivity contribution in [2.45, 2.75) is 64.5 Å². The first-order chi connectivity index (χ1) is 12.6. The summed E-state index contributed by atoms with van der Waals surface area (Å²) in [5.41, 5.74) is 2.95. The summed E-state index contributed by atoms with van der Waals surface area (Å²) in [5.74, 6) is -0.0465. The molecule has 1 aromatic carbocycles. The van der Waals surface area contributed by atoms with E-state index in [4.69, 9.17) is 8.92 Å². The molecule has 1 fully saturated rings. The smallest absolute Gasteiger partial charge is 0.298 e. The Morgan fingerprint density at radius 3 is 2.07 bits per heavy atom. The molecule has 1 amide bonds. The van der Waals surface area contributed by atoms with E-state index in [2.05, 4.69) is 5.32 Å². The van der Waals surface area contributed by atoms with Gasteiger partial charge >= 0.3 is 0 Å². The average molecular weight is 394 g/mol. The highest BCUT2D eigenvalue weighted by Gasteiger charge is 2.52. The van der Waals surface area contributed by atoms with Crippen molar-refractivity contribution in [3.63, 3.8) is 0 Å². The molecule has 6 nitrogen and oxygen atoms in total. The molecule has 0 unspecified atom stereocenters. The highest BCUT2D eigenvalue weighted by atomic mass is 32.2. The Balaban J connectivity index is 2.16. The highest BCUT2D eigenvalue weighted by Crippen LogP contribution is 2.47. The zero-order chi connectivity index (χ0) is 20.0. The van der Waals surface area contributed by atoms with E-state index in [9.17, 15) is 13.2 Å². The number of carbonyl (C=O) groups excluding carboxylic acids is 1. The van der Waals surface area contributed by atoms with Crippen molar-refractivity contribution in [1.82, 2.24) is 5.32 Å². The number of amides is 1. The molecule has 148 valence electrons. The summed E-state index contributed by atoms with van der Waals surface area (Å²) in [6, 6.07) is 3.98. The van der Waals surface area contributed by atoms with E-state index in [0.29, 0.717) is 31.3 Å². The molecule has 1 saturated carbocycles. The zero-order valence-corrected chi connectivity index (χ0v) is 17.4. The summed E-state index contributed by atoms with van der Waals surface area (Å²) in [4.78, 5) is 13.0. The molecule has 1 heterocycles. The fourth-order valence-electron chi connectivity index (χ4n) is 4.45. The summed E-state index contributed by atoms with van der Waals surface area (Å²) in [5, 5.41) is 3.04. The fraction of sp³-hybridized carbons (Fsp3) is 0.550. The van der Waals surface area contributed by atoms with Crippen LogP contribution < -0.4 is 5.32 Å². The summed E-state index contributed by atoms with van der Waals surface area (Å²) in [7, 11) is -1.45. The first-order valence-electron chi connectivity index (χ1n) is 9.14. The van der Waals surface area contributed by atoms with E-state index >= 15 is 0 Å². The Labute approximate surface area is 162 Å². The molecular weight excluding hydrogens is 366 g/mol. The lowest BCUT2D eigenvalue weighted by molar-refractivity contribution is -0.117. The Bertz CT molecular complexity index is 861. The van der Waals surface area contributed by atoms with Crippen molar-refractivity contribution in [3.05, 3.63) is 40.1 Å². The van der Waals surface area contributed by atoms with Gasteiger partial charge in [0.05, 0.1) is 11.2 Å². The molecule has 1 spiro atoms. The largest absolute Gasteiger partial charge is 0.385 e. The van der Waals surface area contributed by atoms with E-state index in [1.54, 1.807) is 7.11 Å². The lowest BCUT2D eigenvalue weighted by Crippen LogP contribution is -2.51. The molecule has 27 heavy (non-hydrogen) atoms. The Morgan fingerprint density at radius 2 is 1.59 bits per heavy atom. The molecule has 2 aliphatic rings. The van der Waals surface area contributed by atoms with Gasteiger partial charge in [-0.2, -0.15) is 8.42 Å². The van der Waals surface area contributed by atoms with Crippen LogP contribution in [0, 0.1) is 20.8 Å². The van der Waals surface area contributed by atoms with Gasteiger partial charge in [0, 0.05) is 7.11 Å². The minimum absolute atomic E-state index is 0.233. The van der Waals surface area contributed by atoms with Crippen LogP contribution >= 0.6 is 0 Å². The number of rotatable bonds is 4. The van der Waals surface area contributed by atoms with Crippen LogP contribution in [0.5, 0.6) is 0 Å². The molecule has 0 radical (unpaired) electrons. The molecule has 1 N–H and O–H groups in total. The molecule has 0 atom stereocenters. The maximum Gasteiger partial charge on any atom is 0.298 e. The molecule has 0 aromatic heterocycles. The van der Waals surface area contributed by atoms with Crippen LogP contribution in [0.15, 0.2) is 17.9 Å². The Morgan fingerprint density at radius 1 is 1.04 bits per heavy atom. The summed E-state index contributed by atoms with van der Waals surface area (Å²) in [6.07, 6.45) is 2.53. The van der Waals surface area contributed by atoms with Crippen molar-refractivity contribution in [2.24, 2.45) is 0 Å². The molecule has 0 saturated heterocycles. The van der Waals surface area contributed by atoms with E-state index in [1.807, 2.05) is 39.8 Å². The van der Waals surface area contributed by atoms with Crippen molar-refractivity contribution in [3.8, 4) is 0 Å². The van der Waals surface area contributed by atoms with Crippen LogP contribution in [0.2, 0.25) is 0 Å². The van der Waals surface area contributed by atoms with Crippen LogP contribution in [0.3, 0.4) is 0 Å². The van der Waals surface area contributed by atoms with E-state index in [-0.39, 0.29) is 17.3 Å². The Kier molecular flexibility index (Phi) is 5.12. The molecule has 0 bridgehead atoms. The molecule has 7 heteroatoms. The molecule has 3 rings (SSSR count). The predicted octanol–water partition coefficient (Wildman–Crippen LogP) is 2.71. The molecule has 1 aromatic rings. The van der Waals surface area contributed by atoms with Crippen molar-refractivity contribution < 1.29 is 22.1 Å². The Hall–Kier alpha value is -1.86. The number of methoxy groups -OCH3 is 1. The first-order valence-corrected chi connectivity index (χ1v) is 10.2. The van der Waals surface area contributed by atoms with Gasteiger partial charge in [-0.25, -0.2) is 0 Å². The monoisotopic (exact) mass is 393 g/mol. The standard InChI is InChI=1S/C20H27NO5S/c1-12-10-13(2)15(14(3)11-12)16-17(26-27(23)24)20(21-18(16)22)8-6-19(4,25-5)7-9-20/h10-11,27H,6-9H2,1-5H3,(H,21,22). The lowest BCUT2D eigenvalue weighted by atomic mass is 9.74. The SMILES string of the molecule is COC1(C)CCC2(CC1)NC(=O)C(c1c(C)cc(C)cc1C)=C2O[SH](=O)=O. The minimum Gasteiger partial charge on any atom is -0.385 e. The van der Waals surface area contributed by atoms with Gasteiger partial charge in [-0.15, -0.1) is 0 Å². The zero-order valence-electron chi connectivity index (χ0n) is 16.5. The molecular formula is C20H27NO5S. The minimum atomic E-state index is -3.13. The number of nitrogens with one attached hydrogen (secondary N) is 1. The third kappa shape index (κ3) is 3.50. The van der Waals surface area contributed by atoms with Crippen molar-refractivity contribution in [2.75, 3.05) is 7.11 Å². The number of hydrogen-bond donors (Lipinski definition) is 2. The van der Waals surface area contributed by atoms with Gasteiger partial charge < -0.3 is 14.2 Å². The fourth-order valence-corrected chi connectivity index (χ4v) is 4.86. The maximum atomic E-state index is 13.0. The van der Waals surface area contributed by atoms with Crippen LogP contribution in [0.25, 0.3) is 5.57 Å². The van der Waals surface area contributed by atoms with Crippen molar-refractivity contribution >= 4 is 22.5 Å². The van der Waals surface area contributed by atoms with Crippen molar-refractivity contribution in [1.29, 1.82) is 0 Å². The number of carbonyl (C=O) groups is 1. The van der Waals surface area contributed by atoms with Gasteiger partial charge in [0.2, 0.25) is 0 Å². The summed E-state index contributed by atoms with van der Waals surface area (Å²) >= 11 is 0.